The highest BCUT2D eigenvalue weighted by atomic mass is 32.2. The van der Waals surface area contributed by atoms with Crippen molar-refractivity contribution in [2.45, 2.75) is 32.6 Å². The Kier molecular flexibility index (Phi) is 4.71. The number of carbonyl (C=O) groups is 1. The Bertz CT molecular complexity index is 892. The molecule has 2 aromatic rings. The molecular weight excluding hydrogens is 324 g/mol. The van der Waals surface area contributed by atoms with Gasteiger partial charge in [0.05, 0.1) is 16.1 Å². The van der Waals surface area contributed by atoms with Crippen molar-refractivity contribution < 1.29 is 13.2 Å². The number of hydrogen-bond donors (Lipinski definition) is 1. The number of para-hydroxylation sites is 1. The molecule has 0 saturated carbocycles. The summed E-state index contributed by atoms with van der Waals surface area (Å²) in [4.78, 5) is 11.9. The predicted molar refractivity (Wildman–Crippen MR) is 95.9 cm³/mol. The van der Waals surface area contributed by atoms with Crippen LogP contribution in [0.4, 0.5) is 5.69 Å². The standard InChI is InChI=1S/C18H22N2O3S/c1-11-10-12(2)14(4)17(13(11)3)24(22,23)20(5)16-9-7-6-8-15(16)18(19)21/h6-10H,1-5H3,(H2,19,21). The summed E-state index contributed by atoms with van der Waals surface area (Å²) in [6.45, 7) is 7.36. The van der Waals surface area contributed by atoms with Crippen LogP contribution in [0.3, 0.4) is 0 Å². The highest BCUT2D eigenvalue weighted by Crippen LogP contribution is 2.31. The van der Waals surface area contributed by atoms with Crippen molar-refractivity contribution in [3.63, 3.8) is 0 Å². The fraction of sp³-hybridized carbons (Fsp3) is 0.278. The second kappa shape index (κ2) is 6.28. The fourth-order valence-electron chi connectivity index (χ4n) is 2.79. The molecule has 0 radical (unpaired) electrons. The van der Waals surface area contributed by atoms with Crippen LogP contribution in [-0.4, -0.2) is 21.4 Å². The molecule has 0 spiro atoms. The summed E-state index contributed by atoms with van der Waals surface area (Å²) in [6.07, 6.45) is 0. The zero-order chi connectivity index (χ0) is 18.2. The molecule has 2 aromatic carbocycles. The number of hydrogen-bond acceptors (Lipinski definition) is 3. The summed E-state index contributed by atoms with van der Waals surface area (Å²) in [6, 6.07) is 8.39. The average Bonchev–Trinajstić information content (AvgIpc) is 2.52. The van der Waals surface area contributed by atoms with Gasteiger partial charge < -0.3 is 5.73 Å². The molecular formula is C18H22N2O3S. The first-order valence-electron chi connectivity index (χ1n) is 7.54. The van der Waals surface area contributed by atoms with Crippen molar-refractivity contribution in [1.82, 2.24) is 0 Å². The van der Waals surface area contributed by atoms with E-state index in [0.29, 0.717) is 11.1 Å². The zero-order valence-electron chi connectivity index (χ0n) is 14.5. The van der Waals surface area contributed by atoms with Gasteiger partial charge in [-0.2, -0.15) is 0 Å². The number of carbonyl (C=O) groups excluding carboxylic acids is 1. The van der Waals surface area contributed by atoms with Gasteiger partial charge in [0.15, 0.2) is 0 Å². The third-order valence-electron chi connectivity index (χ3n) is 4.42. The van der Waals surface area contributed by atoms with Gasteiger partial charge in [0, 0.05) is 7.05 Å². The fourth-order valence-corrected chi connectivity index (χ4v) is 4.58. The SMILES string of the molecule is Cc1cc(C)c(C)c(S(=O)(=O)N(C)c2ccccc2C(N)=O)c1C. The van der Waals surface area contributed by atoms with Crippen LogP contribution in [0.15, 0.2) is 35.2 Å². The van der Waals surface area contributed by atoms with Crippen LogP contribution in [0.25, 0.3) is 0 Å². The number of amides is 1. The molecule has 1 amide bonds. The van der Waals surface area contributed by atoms with Crippen LogP contribution in [0.5, 0.6) is 0 Å². The Morgan fingerprint density at radius 3 is 2.00 bits per heavy atom. The minimum atomic E-state index is -3.83. The maximum Gasteiger partial charge on any atom is 0.264 e. The number of primary amides is 1. The highest BCUT2D eigenvalue weighted by Gasteiger charge is 2.28. The number of nitrogens with two attached hydrogens (primary N) is 1. The molecule has 0 fully saturated rings. The van der Waals surface area contributed by atoms with E-state index >= 15 is 0 Å². The normalized spacial score (nSPS) is 11.4. The van der Waals surface area contributed by atoms with E-state index in [1.54, 1.807) is 32.0 Å². The first-order valence-corrected chi connectivity index (χ1v) is 8.98. The lowest BCUT2D eigenvalue weighted by atomic mass is 10.0. The van der Waals surface area contributed by atoms with Crippen molar-refractivity contribution in [1.29, 1.82) is 0 Å². The highest BCUT2D eigenvalue weighted by molar-refractivity contribution is 7.93. The molecule has 0 saturated heterocycles. The molecule has 2 rings (SSSR count). The van der Waals surface area contributed by atoms with Crippen LogP contribution >= 0.6 is 0 Å². The van der Waals surface area contributed by atoms with Gasteiger partial charge in [0.2, 0.25) is 0 Å². The summed E-state index contributed by atoms with van der Waals surface area (Å²) < 4.78 is 27.6. The molecule has 0 atom stereocenters. The van der Waals surface area contributed by atoms with Crippen molar-refractivity contribution in [2.75, 3.05) is 11.4 Å². The molecule has 0 unspecified atom stereocenters. The maximum atomic E-state index is 13.2. The molecule has 24 heavy (non-hydrogen) atoms. The number of rotatable bonds is 4. The molecule has 0 aliphatic heterocycles. The van der Waals surface area contributed by atoms with Gasteiger partial charge in [-0.3, -0.25) is 9.10 Å². The second-order valence-electron chi connectivity index (χ2n) is 5.94. The zero-order valence-corrected chi connectivity index (χ0v) is 15.4. The third kappa shape index (κ3) is 2.89. The lowest BCUT2D eigenvalue weighted by molar-refractivity contribution is 0.100. The largest absolute Gasteiger partial charge is 0.366 e. The maximum absolute atomic E-state index is 13.2. The minimum absolute atomic E-state index is 0.170. The van der Waals surface area contributed by atoms with Crippen LogP contribution < -0.4 is 10.0 Å². The Balaban J connectivity index is 2.72. The van der Waals surface area contributed by atoms with Crippen LogP contribution in [0.1, 0.15) is 32.6 Å². The summed E-state index contributed by atoms with van der Waals surface area (Å²) in [7, 11) is -2.39. The molecule has 128 valence electrons. The van der Waals surface area contributed by atoms with Gasteiger partial charge in [0.1, 0.15) is 0 Å². The van der Waals surface area contributed by atoms with Crippen molar-refractivity contribution >= 4 is 21.6 Å². The summed E-state index contributed by atoms with van der Waals surface area (Å²) in [5, 5.41) is 0. The third-order valence-corrected chi connectivity index (χ3v) is 6.47. The van der Waals surface area contributed by atoms with Crippen LogP contribution in [-0.2, 0) is 10.0 Å². The number of sulfonamides is 1. The van der Waals surface area contributed by atoms with Crippen molar-refractivity contribution in [3.8, 4) is 0 Å². The lowest BCUT2D eigenvalue weighted by Gasteiger charge is -2.24. The summed E-state index contributed by atoms with van der Waals surface area (Å²) in [5.41, 5.74) is 9.06. The molecule has 0 aliphatic carbocycles. The summed E-state index contributed by atoms with van der Waals surface area (Å²) in [5.74, 6) is -0.665. The lowest BCUT2D eigenvalue weighted by Crippen LogP contribution is -2.30. The topological polar surface area (TPSA) is 80.5 Å². The number of anilines is 1. The van der Waals surface area contributed by atoms with E-state index in [1.165, 1.54) is 13.1 Å². The molecule has 0 aliphatic rings. The van der Waals surface area contributed by atoms with Gasteiger partial charge in [-0.1, -0.05) is 18.2 Å². The van der Waals surface area contributed by atoms with E-state index in [-0.39, 0.29) is 16.1 Å². The second-order valence-corrected chi connectivity index (χ2v) is 7.85. The van der Waals surface area contributed by atoms with E-state index in [9.17, 15) is 13.2 Å². The molecule has 0 bridgehead atoms. The van der Waals surface area contributed by atoms with E-state index in [0.717, 1.165) is 15.4 Å². The monoisotopic (exact) mass is 346 g/mol. The van der Waals surface area contributed by atoms with Crippen molar-refractivity contribution in [3.05, 3.63) is 58.1 Å². The van der Waals surface area contributed by atoms with Gasteiger partial charge in [-0.15, -0.1) is 0 Å². The van der Waals surface area contributed by atoms with Gasteiger partial charge >= 0.3 is 0 Å². The Morgan fingerprint density at radius 2 is 1.50 bits per heavy atom. The first-order chi connectivity index (χ1) is 11.1. The van der Waals surface area contributed by atoms with E-state index in [4.69, 9.17) is 5.73 Å². The Morgan fingerprint density at radius 1 is 1.00 bits per heavy atom. The van der Waals surface area contributed by atoms with E-state index in [2.05, 4.69) is 0 Å². The Hall–Kier alpha value is -2.34. The van der Waals surface area contributed by atoms with E-state index in [1.807, 2.05) is 19.9 Å². The summed E-state index contributed by atoms with van der Waals surface area (Å²) >= 11 is 0. The average molecular weight is 346 g/mol. The van der Waals surface area contributed by atoms with E-state index < -0.39 is 15.9 Å². The van der Waals surface area contributed by atoms with Crippen LogP contribution in [0.2, 0.25) is 0 Å². The van der Waals surface area contributed by atoms with Gasteiger partial charge in [-0.05, 0) is 62.1 Å². The molecule has 6 heteroatoms. The quantitative estimate of drug-likeness (QED) is 0.924. The molecule has 0 aromatic heterocycles. The molecule has 5 nitrogen and oxygen atoms in total. The van der Waals surface area contributed by atoms with Crippen LogP contribution in [0, 0.1) is 27.7 Å². The Labute approximate surface area is 143 Å². The smallest absolute Gasteiger partial charge is 0.264 e. The first kappa shape index (κ1) is 18.0. The number of nitrogens with zero attached hydrogens (tertiary/aromatic N) is 1. The van der Waals surface area contributed by atoms with Crippen molar-refractivity contribution in [2.24, 2.45) is 5.73 Å². The number of benzene rings is 2. The number of aryl methyl sites for hydroxylation is 2. The predicted octanol–water partition coefficient (Wildman–Crippen LogP) is 2.84. The molecule has 2 N–H and O–H groups in total. The van der Waals surface area contributed by atoms with Gasteiger partial charge in [-0.25, -0.2) is 8.42 Å². The minimum Gasteiger partial charge on any atom is -0.366 e. The van der Waals surface area contributed by atoms with Gasteiger partial charge in [0.25, 0.3) is 15.9 Å². The molecule has 0 heterocycles.